The Labute approximate surface area is 177 Å². The molecule has 0 spiro atoms. The van der Waals surface area contributed by atoms with Crippen molar-refractivity contribution in [3.05, 3.63) is 72.1 Å². The molecule has 158 valence electrons. The molecule has 0 aliphatic carbocycles. The molecule has 2 heterocycles. The number of nitrogens with zero attached hydrogens (tertiary/aromatic N) is 5. The largest absolute Gasteiger partial charge is 0.369 e. The molecule has 3 aromatic rings. The SMILES string of the molecule is CCS(=O)(=O)Cc1cccc(N2CCN(Cc3cn(-c4ccccc4)nn3)CC2)c1. The van der Waals surface area contributed by atoms with Crippen LogP contribution in [0.5, 0.6) is 0 Å². The maximum Gasteiger partial charge on any atom is 0.154 e. The van der Waals surface area contributed by atoms with E-state index in [1.54, 1.807) is 11.6 Å². The molecular weight excluding hydrogens is 398 g/mol. The number of anilines is 1. The predicted molar refractivity (Wildman–Crippen MR) is 118 cm³/mol. The molecule has 0 saturated carbocycles. The van der Waals surface area contributed by atoms with E-state index in [4.69, 9.17) is 0 Å². The molecule has 0 N–H and O–H groups in total. The highest BCUT2D eigenvalue weighted by atomic mass is 32.2. The number of rotatable bonds is 7. The highest BCUT2D eigenvalue weighted by Gasteiger charge is 2.19. The zero-order chi connectivity index (χ0) is 21.0. The first kappa shape index (κ1) is 20.6. The molecule has 1 saturated heterocycles. The van der Waals surface area contributed by atoms with Crippen molar-refractivity contribution in [1.29, 1.82) is 0 Å². The summed E-state index contributed by atoms with van der Waals surface area (Å²) in [6, 6.07) is 17.9. The van der Waals surface area contributed by atoms with Crippen LogP contribution in [0.3, 0.4) is 0 Å². The van der Waals surface area contributed by atoms with Crippen LogP contribution in [0, 0.1) is 0 Å². The second-order valence-corrected chi connectivity index (χ2v) is 9.95. The van der Waals surface area contributed by atoms with Crippen molar-refractivity contribution in [3.63, 3.8) is 0 Å². The summed E-state index contributed by atoms with van der Waals surface area (Å²) in [7, 11) is -3.02. The van der Waals surface area contributed by atoms with Crippen molar-refractivity contribution in [1.82, 2.24) is 19.9 Å². The molecule has 30 heavy (non-hydrogen) atoms. The zero-order valence-electron chi connectivity index (χ0n) is 17.2. The van der Waals surface area contributed by atoms with Gasteiger partial charge in [0.15, 0.2) is 9.84 Å². The number of hydrogen-bond donors (Lipinski definition) is 0. The van der Waals surface area contributed by atoms with Crippen molar-refractivity contribution in [3.8, 4) is 5.69 Å². The summed E-state index contributed by atoms with van der Waals surface area (Å²) in [4.78, 5) is 4.70. The maximum absolute atomic E-state index is 11.9. The Hall–Kier alpha value is -2.71. The molecule has 0 bridgehead atoms. The van der Waals surface area contributed by atoms with Gasteiger partial charge in [0.1, 0.15) is 0 Å². The summed E-state index contributed by atoms with van der Waals surface area (Å²) < 4.78 is 25.7. The smallest absolute Gasteiger partial charge is 0.154 e. The van der Waals surface area contributed by atoms with E-state index in [0.29, 0.717) is 0 Å². The number of hydrogen-bond acceptors (Lipinski definition) is 6. The first-order valence-electron chi connectivity index (χ1n) is 10.3. The lowest BCUT2D eigenvalue weighted by Gasteiger charge is -2.35. The molecule has 1 aliphatic rings. The normalized spacial score (nSPS) is 15.4. The monoisotopic (exact) mass is 425 g/mol. The average Bonchev–Trinajstić information content (AvgIpc) is 3.23. The Morgan fingerprint density at radius 3 is 2.40 bits per heavy atom. The molecular formula is C22H27N5O2S. The second kappa shape index (κ2) is 8.97. The molecule has 1 aromatic heterocycles. The molecule has 1 fully saturated rings. The van der Waals surface area contributed by atoms with Crippen molar-refractivity contribution in [2.24, 2.45) is 0 Å². The molecule has 0 atom stereocenters. The van der Waals surface area contributed by atoms with Crippen LogP contribution < -0.4 is 4.90 Å². The quantitative estimate of drug-likeness (QED) is 0.579. The van der Waals surface area contributed by atoms with E-state index in [2.05, 4.69) is 26.2 Å². The van der Waals surface area contributed by atoms with E-state index >= 15 is 0 Å². The van der Waals surface area contributed by atoms with E-state index in [-0.39, 0.29) is 11.5 Å². The van der Waals surface area contributed by atoms with Crippen LogP contribution in [-0.4, -0.2) is 60.2 Å². The minimum absolute atomic E-state index is 0.106. The second-order valence-electron chi connectivity index (χ2n) is 7.60. The average molecular weight is 426 g/mol. The van der Waals surface area contributed by atoms with E-state index in [9.17, 15) is 8.42 Å². The van der Waals surface area contributed by atoms with Crippen molar-refractivity contribution in [2.75, 3.05) is 36.8 Å². The Bertz CT molecular complexity index is 1070. The van der Waals surface area contributed by atoms with Gasteiger partial charge in [-0.1, -0.05) is 42.5 Å². The zero-order valence-corrected chi connectivity index (χ0v) is 18.0. The molecule has 8 heteroatoms. The predicted octanol–water partition coefficient (Wildman–Crippen LogP) is 2.52. The van der Waals surface area contributed by atoms with Gasteiger partial charge in [0.2, 0.25) is 0 Å². The highest BCUT2D eigenvalue weighted by molar-refractivity contribution is 7.90. The Morgan fingerprint density at radius 1 is 0.933 bits per heavy atom. The highest BCUT2D eigenvalue weighted by Crippen LogP contribution is 2.20. The van der Waals surface area contributed by atoms with Crippen molar-refractivity contribution in [2.45, 2.75) is 19.2 Å². The molecule has 0 unspecified atom stereocenters. The van der Waals surface area contributed by atoms with E-state index in [1.807, 2.05) is 54.7 Å². The first-order chi connectivity index (χ1) is 14.5. The lowest BCUT2D eigenvalue weighted by molar-refractivity contribution is 0.247. The molecule has 7 nitrogen and oxygen atoms in total. The van der Waals surface area contributed by atoms with Gasteiger partial charge < -0.3 is 4.90 Å². The molecule has 0 amide bonds. The van der Waals surface area contributed by atoms with Crippen LogP contribution in [0.4, 0.5) is 5.69 Å². The van der Waals surface area contributed by atoms with Gasteiger partial charge in [-0.3, -0.25) is 4.90 Å². The fourth-order valence-electron chi connectivity index (χ4n) is 3.67. The van der Waals surface area contributed by atoms with Gasteiger partial charge in [0.05, 0.1) is 23.3 Å². The molecule has 0 radical (unpaired) electrons. The van der Waals surface area contributed by atoms with Crippen molar-refractivity contribution >= 4 is 15.5 Å². The minimum atomic E-state index is -3.02. The van der Waals surface area contributed by atoms with E-state index in [1.165, 1.54) is 0 Å². The molecule has 4 rings (SSSR count). The standard InChI is InChI=1S/C22H27N5O2S/c1-2-30(28,29)18-19-7-6-10-22(15-19)26-13-11-25(12-14-26)16-20-17-27(24-23-20)21-8-4-3-5-9-21/h3-10,15,17H,2,11-14,16,18H2,1H3. The molecule has 1 aliphatic heterocycles. The van der Waals surface area contributed by atoms with Gasteiger partial charge in [-0.15, -0.1) is 5.10 Å². The Morgan fingerprint density at radius 2 is 1.67 bits per heavy atom. The lowest BCUT2D eigenvalue weighted by Crippen LogP contribution is -2.46. The van der Waals surface area contributed by atoms with Crippen LogP contribution in [0.1, 0.15) is 18.2 Å². The third kappa shape index (κ3) is 5.06. The number of para-hydroxylation sites is 1. The summed E-state index contributed by atoms with van der Waals surface area (Å²) in [5, 5.41) is 8.56. The number of sulfone groups is 1. The summed E-state index contributed by atoms with van der Waals surface area (Å²) in [5.41, 5.74) is 3.91. The maximum atomic E-state index is 11.9. The third-order valence-corrected chi connectivity index (χ3v) is 7.07. The number of aromatic nitrogens is 3. The van der Waals surface area contributed by atoms with Crippen LogP contribution in [0.2, 0.25) is 0 Å². The summed E-state index contributed by atoms with van der Waals surface area (Å²) in [5.74, 6) is 0.277. The Kier molecular flexibility index (Phi) is 6.15. The van der Waals surface area contributed by atoms with Gasteiger partial charge in [-0.25, -0.2) is 13.1 Å². The minimum Gasteiger partial charge on any atom is -0.369 e. The van der Waals surface area contributed by atoms with Gasteiger partial charge in [0.25, 0.3) is 0 Å². The van der Waals surface area contributed by atoms with Crippen LogP contribution >= 0.6 is 0 Å². The van der Waals surface area contributed by atoms with Gasteiger partial charge in [-0.05, 0) is 29.8 Å². The first-order valence-corrected chi connectivity index (χ1v) is 12.1. The van der Waals surface area contributed by atoms with E-state index in [0.717, 1.165) is 55.4 Å². The topological polar surface area (TPSA) is 71.3 Å². The van der Waals surface area contributed by atoms with Gasteiger partial charge >= 0.3 is 0 Å². The fraction of sp³-hybridized carbons (Fsp3) is 0.364. The third-order valence-electron chi connectivity index (χ3n) is 5.42. The Balaban J connectivity index is 1.34. The van der Waals surface area contributed by atoms with Crippen LogP contribution in [-0.2, 0) is 22.1 Å². The lowest BCUT2D eigenvalue weighted by atomic mass is 10.2. The van der Waals surface area contributed by atoms with E-state index < -0.39 is 9.84 Å². The number of piperazine rings is 1. The number of benzene rings is 2. The van der Waals surface area contributed by atoms with Crippen LogP contribution in [0.25, 0.3) is 5.69 Å². The fourth-order valence-corrected chi connectivity index (χ4v) is 4.56. The van der Waals surface area contributed by atoms with Crippen LogP contribution in [0.15, 0.2) is 60.8 Å². The van der Waals surface area contributed by atoms with Crippen molar-refractivity contribution < 1.29 is 8.42 Å². The summed E-state index contributed by atoms with van der Waals surface area (Å²) in [6.45, 7) is 6.12. The summed E-state index contributed by atoms with van der Waals surface area (Å²) >= 11 is 0. The van der Waals surface area contributed by atoms with Gasteiger partial charge in [-0.2, -0.15) is 0 Å². The summed E-state index contributed by atoms with van der Waals surface area (Å²) in [6.07, 6.45) is 1.99. The van der Waals surface area contributed by atoms with Gasteiger partial charge in [0, 0.05) is 44.2 Å². The molecule has 2 aromatic carbocycles.